The maximum Gasteiger partial charge on any atom is 0.317 e. The summed E-state index contributed by atoms with van der Waals surface area (Å²) in [6.45, 7) is 6.33. The Morgan fingerprint density at radius 3 is 2.70 bits per heavy atom. The Balaban J connectivity index is 1.47. The molecule has 1 aliphatic heterocycles. The first-order valence-corrected chi connectivity index (χ1v) is 9.44. The largest absolute Gasteiger partial charge is 0.383 e. The van der Waals surface area contributed by atoms with Crippen LogP contribution in [0.15, 0.2) is 16.8 Å². The summed E-state index contributed by atoms with van der Waals surface area (Å²) in [6.07, 6.45) is 2.42. The molecule has 1 saturated heterocycles. The van der Waals surface area contributed by atoms with Crippen LogP contribution < -0.4 is 5.32 Å². The molecule has 1 saturated carbocycles. The van der Waals surface area contributed by atoms with Crippen LogP contribution in [0.25, 0.3) is 0 Å². The summed E-state index contributed by atoms with van der Waals surface area (Å²) in [7, 11) is 1.70. The fourth-order valence-electron chi connectivity index (χ4n) is 3.26. The van der Waals surface area contributed by atoms with Crippen LogP contribution in [0, 0.1) is 5.92 Å². The van der Waals surface area contributed by atoms with Gasteiger partial charge in [-0.1, -0.05) is 0 Å². The van der Waals surface area contributed by atoms with E-state index in [0.29, 0.717) is 18.6 Å². The number of nitrogens with zero attached hydrogens (tertiary/aromatic N) is 2. The van der Waals surface area contributed by atoms with Crippen molar-refractivity contribution in [2.45, 2.75) is 31.8 Å². The first-order chi connectivity index (χ1) is 11.2. The van der Waals surface area contributed by atoms with Crippen molar-refractivity contribution in [3.05, 3.63) is 22.4 Å². The maximum absolute atomic E-state index is 12.5. The molecule has 2 aliphatic rings. The van der Waals surface area contributed by atoms with Gasteiger partial charge in [-0.25, -0.2) is 4.79 Å². The average molecular weight is 337 g/mol. The summed E-state index contributed by atoms with van der Waals surface area (Å²) in [4.78, 5) is 16.9. The highest BCUT2D eigenvalue weighted by Gasteiger charge is 2.34. The number of nitrogens with one attached hydrogen (secondary N) is 1. The van der Waals surface area contributed by atoms with E-state index in [0.717, 1.165) is 26.2 Å². The predicted octanol–water partition coefficient (Wildman–Crippen LogP) is 2.56. The molecule has 1 aliphatic carbocycles. The zero-order valence-electron chi connectivity index (χ0n) is 14.0. The highest BCUT2D eigenvalue weighted by Crippen LogP contribution is 2.32. The molecule has 2 amide bonds. The van der Waals surface area contributed by atoms with Gasteiger partial charge in [0.05, 0.1) is 12.6 Å². The number of amides is 2. The van der Waals surface area contributed by atoms with Crippen LogP contribution in [0.1, 0.15) is 31.4 Å². The minimum Gasteiger partial charge on any atom is -0.383 e. The number of rotatable bonds is 6. The Morgan fingerprint density at radius 2 is 2.13 bits per heavy atom. The van der Waals surface area contributed by atoms with E-state index in [4.69, 9.17) is 4.74 Å². The second-order valence-electron chi connectivity index (χ2n) is 6.60. The summed E-state index contributed by atoms with van der Waals surface area (Å²) in [5.41, 5.74) is 1.38. The molecule has 0 bridgehead atoms. The normalized spacial score (nSPS) is 21.9. The number of thiophene rings is 1. The highest BCUT2D eigenvalue weighted by atomic mass is 32.1. The minimum atomic E-state index is 0.0711. The molecule has 1 aromatic rings. The molecule has 2 fully saturated rings. The molecular formula is C17H27N3O2S. The second-order valence-corrected chi connectivity index (χ2v) is 7.38. The van der Waals surface area contributed by atoms with Gasteiger partial charge in [-0.15, -0.1) is 0 Å². The molecule has 0 spiro atoms. The van der Waals surface area contributed by atoms with Crippen molar-refractivity contribution in [2.75, 3.05) is 39.9 Å². The molecule has 1 N–H and O–H groups in total. The number of piperazine rings is 1. The third kappa shape index (κ3) is 4.25. The summed E-state index contributed by atoms with van der Waals surface area (Å²) in [5.74, 6) is 0.610. The van der Waals surface area contributed by atoms with Gasteiger partial charge in [0.15, 0.2) is 0 Å². The van der Waals surface area contributed by atoms with Gasteiger partial charge < -0.3 is 15.0 Å². The number of hydrogen-bond acceptors (Lipinski definition) is 4. The monoisotopic (exact) mass is 337 g/mol. The Kier molecular flexibility index (Phi) is 5.56. The first-order valence-electron chi connectivity index (χ1n) is 8.49. The lowest BCUT2D eigenvalue weighted by atomic mass is 10.1. The van der Waals surface area contributed by atoms with Crippen molar-refractivity contribution >= 4 is 17.4 Å². The van der Waals surface area contributed by atoms with Gasteiger partial charge >= 0.3 is 6.03 Å². The number of methoxy groups -OCH3 is 1. The first kappa shape index (κ1) is 16.7. The topological polar surface area (TPSA) is 44.8 Å². The number of ether oxygens (including phenoxy) is 1. The zero-order chi connectivity index (χ0) is 16.2. The van der Waals surface area contributed by atoms with Crippen LogP contribution in [-0.4, -0.2) is 61.8 Å². The van der Waals surface area contributed by atoms with E-state index in [1.54, 1.807) is 18.4 Å². The molecule has 5 nitrogen and oxygen atoms in total. The van der Waals surface area contributed by atoms with Crippen molar-refractivity contribution in [1.82, 2.24) is 15.1 Å². The van der Waals surface area contributed by atoms with Gasteiger partial charge in [-0.05, 0) is 48.1 Å². The number of carbonyl (C=O) groups is 1. The minimum absolute atomic E-state index is 0.0711. The molecule has 23 heavy (non-hydrogen) atoms. The average Bonchev–Trinajstić information content (AvgIpc) is 3.28. The second kappa shape index (κ2) is 7.64. The van der Waals surface area contributed by atoms with Crippen molar-refractivity contribution in [2.24, 2.45) is 5.92 Å². The maximum atomic E-state index is 12.5. The molecule has 128 valence electrons. The standard InChI is InChI=1S/C17H27N3O2S/c1-13(15-5-10-23-12-15)19-6-8-20(9-7-19)17(21)18-16(11-22-2)14-3-4-14/h5,10,12-14,16H,3-4,6-9,11H2,1-2H3,(H,18,21)/t13-,16+/m0/s1. The molecule has 1 aromatic heterocycles. The molecule has 0 unspecified atom stereocenters. The Morgan fingerprint density at radius 1 is 1.39 bits per heavy atom. The summed E-state index contributed by atoms with van der Waals surface area (Å²) >= 11 is 1.74. The van der Waals surface area contributed by atoms with Crippen LogP contribution in [-0.2, 0) is 4.74 Å². The molecule has 3 rings (SSSR count). The van der Waals surface area contributed by atoms with Gasteiger partial charge in [-0.2, -0.15) is 11.3 Å². The predicted molar refractivity (Wildman–Crippen MR) is 92.8 cm³/mol. The summed E-state index contributed by atoms with van der Waals surface area (Å²) < 4.78 is 5.24. The summed E-state index contributed by atoms with van der Waals surface area (Å²) in [6, 6.07) is 2.87. The van der Waals surface area contributed by atoms with E-state index in [1.807, 2.05) is 4.90 Å². The van der Waals surface area contributed by atoms with Crippen LogP contribution in [0.3, 0.4) is 0 Å². The van der Waals surface area contributed by atoms with Crippen LogP contribution in [0.2, 0.25) is 0 Å². The third-order valence-corrected chi connectivity index (χ3v) is 5.72. The third-order valence-electron chi connectivity index (χ3n) is 5.02. The quantitative estimate of drug-likeness (QED) is 0.868. The van der Waals surface area contributed by atoms with Crippen LogP contribution in [0.4, 0.5) is 4.79 Å². The number of hydrogen-bond donors (Lipinski definition) is 1. The van der Waals surface area contributed by atoms with E-state index in [1.165, 1.54) is 18.4 Å². The van der Waals surface area contributed by atoms with Gasteiger partial charge in [0.25, 0.3) is 0 Å². The van der Waals surface area contributed by atoms with Gasteiger partial charge in [0.2, 0.25) is 0 Å². The Bertz CT molecular complexity index is 496. The van der Waals surface area contributed by atoms with Crippen molar-refractivity contribution in [3.8, 4) is 0 Å². The van der Waals surface area contributed by atoms with E-state index in [-0.39, 0.29) is 12.1 Å². The number of urea groups is 1. The molecular weight excluding hydrogens is 310 g/mol. The van der Waals surface area contributed by atoms with Gasteiger partial charge in [0, 0.05) is 39.3 Å². The fraction of sp³-hybridized carbons (Fsp3) is 0.706. The molecule has 6 heteroatoms. The Hall–Kier alpha value is -1.11. The van der Waals surface area contributed by atoms with Crippen LogP contribution >= 0.6 is 11.3 Å². The molecule has 2 atom stereocenters. The van der Waals surface area contributed by atoms with Gasteiger partial charge in [0.1, 0.15) is 0 Å². The van der Waals surface area contributed by atoms with Crippen molar-refractivity contribution in [1.29, 1.82) is 0 Å². The van der Waals surface area contributed by atoms with E-state index < -0.39 is 0 Å². The zero-order valence-corrected chi connectivity index (χ0v) is 14.8. The van der Waals surface area contributed by atoms with Crippen molar-refractivity contribution < 1.29 is 9.53 Å². The van der Waals surface area contributed by atoms with E-state index in [9.17, 15) is 4.79 Å². The van der Waals surface area contributed by atoms with E-state index in [2.05, 4.69) is 34.0 Å². The van der Waals surface area contributed by atoms with Gasteiger partial charge in [-0.3, -0.25) is 4.90 Å². The Labute approximate surface area is 142 Å². The lowest BCUT2D eigenvalue weighted by Crippen LogP contribution is -2.54. The fourth-order valence-corrected chi connectivity index (χ4v) is 4.01. The molecule has 2 heterocycles. The van der Waals surface area contributed by atoms with Crippen molar-refractivity contribution in [3.63, 3.8) is 0 Å². The summed E-state index contributed by atoms with van der Waals surface area (Å²) in [5, 5.41) is 7.51. The van der Waals surface area contributed by atoms with E-state index >= 15 is 0 Å². The lowest BCUT2D eigenvalue weighted by Gasteiger charge is -2.38. The molecule has 0 aromatic carbocycles. The smallest absolute Gasteiger partial charge is 0.317 e. The number of carbonyl (C=O) groups excluding carboxylic acids is 1. The molecule has 0 radical (unpaired) electrons. The van der Waals surface area contributed by atoms with Crippen LogP contribution in [0.5, 0.6) is 0 Å². The highest BCUT2D eigenvalue weighted by molar-refractivity contribution is 7.07. The SMILES string of the molecule is COC[C@@H](NC(=O)N1CCN([C@@H](C)c2ccsc2)CC1)C1CC1. The lowest BCUT2D eigenvalue weighted by molar-refractivity contribution is 0.106.